The minimum absolute atomic E-state index is 0.0248. The number of aromatic nitrogens is 2. The van der Waals surface area contributed by atoms with Gasteiger partial charge in [-0.3, -0.25) is 4.79 Å². The number of hydrogen-bond donors (Lipinski definition) is 1. The molecule has 0 bridgehead atoms. The number of fused-ring (bicyclic) bond motifs is 2. The number of ether oxygens (including phenoxy) is 1. The van der Waals surface area contributed by atoms with Gasteiger partial charge in [-0.1, -0.05) is 0 Å². The average molecular weight is 473 g/mol. The lowest BCUT2D eigenvalue weighted by atomic mass is 10.1. The topological polar surface area (TPSA) is 127 Å². The quantitative estimate of drug-likeness (QED) is 0.443. The molecule has 2 aromatic heterocycles. The Labute approximate surface area is 188 Å². The van der Waals surface area contributed by atoms with Gasteiger partial charge in [-0.05, 0) is 18.2 Å². The van der Waals surface area contributed by atoms with E-state index in [2.05, 4.69) is 20.5 Å². The van der Waals surface area contributed by atoms with Gasteiger partial charge in [0.15, 0.2) is 9.84 Å². The molecule has 4 heterocycles. The largest absolute Gasteiger partial charge is 0.463 e. The number of anilines is 2. The van der Waals surface area contributed by atoms with Crippen LogP contribution >= 0.6 is 0 Å². The maximum Gasteiger partial charge on any atom is 0.245 e. The molecular formula is C21H20FN5O5S. The van der Waals surface area contributed by atoms with Crippen LogP contribution in [0.15, 0.2) is 38.8 Å². The summed E-state index contributed by atoms with van der Waals surface area (Å²) >= 11 is 0. The molecule has 10 nitrogen and oxygen atoms in total. The summed E-state index contributed by atoms with van der Waals surface area (Å²) in [5, 5.41) is 4.16. The van der Waals surface area contributed by atoms with Crippen molar-refractivity contribution in [2.45, 2.75) is 12.2 Å². The van der Waals surface area contributed by atoms with Gasteiger partial charge >= 0.3 is 0 Å². The SMILES string of the molecule is O=c1c(/C=N/Nc2nc3c(c(N4CCOCC4)n2)CS(=O)(=O)CC3)coc2ccc(F)cc12. The van der Waals surface area contributed by atoms with Crippen LogP contribution < -0.4 is 15.8 Å². The zero-order chi connectivity index (χ0) is 23.0. The summed E-state index contributed by atoms with van der Waals surface area (Å²) in [5.74, 6) is 0.110. The van der Waals surface area contributed by atoms with Gasteiger partial charge in [-0.2, -0.15) is 10.1 Å². The van der Waals surface area contributed by atoms with Gasteiger partial charge in [-0.15, -0.1) is 0 Å². The maximum absolute atomic E-state index is 13.5. The van der Waals surface area contributed by atoms with Gasteiger partial charge in [0.25, 0.3) is 0 Å². The second kappa shape index (κ2) is 8.52. The fourth-order valence-corrected chi connectivity index (χ4v) is 5.25. The zero-order valence-corrected chi connectivity index (χ0v) is 18.3. The second-order valence-corrected chi connectivity index (χ2v) is 9.95. The van der Waals surface area contributed by atoms with E-state index in [-0.39, 0.29) is 40.4 Å². The number of halogens is 1. The van der Waals surface area contributed by atoms with E-state index in [9.17, 15) is 17.6 Å². The molecule has 2 aliphatic rings. The van der Waals surface area contributed by atoms with E-state index in [4.69, 9.17) is 9.15 Å². The Morgan fingerprint density at radius 3 is 2.85 bits per heavy atom. The van der Waals surface area contributed by atoms with Crippen LogP contribution in [0.4, 0.5) is 16.2 Å². The van der Waals surface area contributed by atoms with Gasteiger partial charge in [0.2, 0.25) is 11.4 Å². The lowest BCUT2D eigenvalue weighted by molar-refractivity contribution is 0.122. The number of nitrogens with one attached hydrogen (secondary N) is 1. The van der Waals surface area contributed by atoms with Gasteiger partial charge < -0.3 is 14.1 Å². The fraction of sp³-hybridized carbons (Fsp3) is 0.333. The highest BCUT2D eigenvalue weighted by Gasteiger charge is 2.29. The molecule has 5 rings (SSSR count). The number of rotatable bonds is 4. The summed E-state index contributed by atoms with van der Waals surface area (Å²) in [5.41, 5.74) is 3.95. The highest BCUT2D eigenvalue weighted by atomic mass is 32.2. The Morgan fingerprint density at radius 2 is 2.03 bits per heavy atom. The Kier molecular flexibility index (Phi) is 5.54. The first kappa shape index (κ1) is 21.5. The third kappa shape index (κ3) is 4.44. The third-order valence-corrected chi connectivity index (χ3v) is 7.08. The van der Waals surface area contributed by atoms with Crippen molar-refractivity contribution in [3.05, 3.63) is 57.3 Å². The molecule has 0 amide bonds. The molecule has 2 aliphatic heterocycles. The third-order valence-electron chi connectivity index (χ3n) is 5.53. The van der Waals surface area contributed by atoms with Crippen molar-refractivity contribution in [2.24, 2.45) is 5.10 Å². The molecule has 12 heteroatoms. The molecule has 33 heavy (non-hydrogen) atoms. The highest BCUT2D eigenvalue weighted by Crippen LogP contribution is 2.29. The van der Waals surface area contributed by atoms with Crippen molar-refractivity contribution in [3.63, 3.8) is 0 Å². The second-order valence-electron chi connectivity index (χ2n) is 7.77. The Balaban J connectivity index is 1.45. The summed E-state index contributed by atoms with van der Waals surface area (Å²) in [6, 6.07) is 3.71. The highest BCUT2D eigenvalue weighted by molar-refractivity contribution is 7.90. The number of sulfone groups is 1. The van der Waals surface area contributed by atoms with E-state index in [1.807, 2.05) is 4.90 Å². The van der Waals surface area contributed by atoms with Crippen molar-refractivity contribution in [1.82, 2.24) is 9.97 Å². The van der Waals surface area contributed by atoms with Crippen molar-refractivity contribution in [3.8, 4) is 0 Å². The number of hydrazone groups is 1. The summed E-state index contributed by atoms with van der Waals surface area (Å²) in [6.45, 7) is 2.21. The molecule has 1 N–H and O–H groups in total. The first-order chi connectivity index (χ1) is 15.9. The summed E-state index contributed by atoms with van der Waals surface area (Å²) in [4.78, 5) is 23.5. The number of benzene rings is 1. The van der Waals surface area contributed by atoms with Crippen molar-refractivity contribution >= 4 is 38.8 Å². The van der Waals surface area contributed by atoms with E-state index in [0.717, 1.165) is 6.07 Å². The molecule has 0 atom stereocenters. The van der Waals surface area contributed by atoms with Crippen molar-refractivity contribution in [2.75, 3.05) is 42.4 Å². The number of hydrogen-bond acceptors (Lipinski definition) is 10. The smallest absolute Gasteiger partial charge is 0.245 e. The van der Waals surface area contributed by atoms with Crippen molar-refractivity contribution < 1.29 is 22.0 Å². The molecule has 172 valence electrons. The van der Waals surface area contributed by atoms with Crippen LogP contribution in [-0.2, 0) is 26.7 Å². The first-order valence-electron chi connectivity index (χ1n) is 10.3. The van der Waals surface area contributed by atoms with E-state index >= 15 is 0 Å². The Bertz CT molecular complexity index is 1420. The van der Waals surface area contributed by atoms with Crippen LogP contribution in [0.5, 0.6) is 0 Å². The number of nitrogens with zero attached hydrogens (tertiary/aromatic N) is 4. The van der Waals surface area contributed by atoms with Gasteiger partial charge in [0, 0.05) is 25.1 Å². The Morgan fingerprint density at radius 1 is 1.21 bits per heavy atom. The summed E-state index contributed by atoms with van der Waals surface area (Å²) in [7, 11) is -3.21. The van der Waals surface area contributed by atoms with Crippen LogP contribution in [0.1, 0.15) is 16.8 Å². The van der Waals surface area contributed by atoms with E-state index < -0.39 is 21.1 Å². The van der Waals surface area contributed by atoms with Crippen LogP contribution in [-0.4, -0.2) is 56.7 Å². The number of aryl methyl sites for hydroxylation is 1. The lowest BCUT2D eigenvalue weighted by Gasteiger charge is -2.31. The molecule has 0 spiro atoms. The minimum atomic E-state index is -3.21. The predicted molar refractivity (Wildman–Crippen MR) is 120 cm³/mol. The van der Waals surface area contributed by atoms with Gasteiger partial charge in [-0.25, -0.2) is 23.2 Å². The zero-order valence-electron chi connectivity index (χ0n) is 17.5. The molecular weight excluding hydrogens is 453 g/mol. The molecule has 0 aliphatic carbocycles. The van der Waals surface area contributed by atoms with Gasteiger partial charge in [0.05, 0.1) is 47.6 Å². The van der Waals surface area contributed by atoms with E-state index in [0.29, 0.717) is 43.4 Å². The molecule has 1 aromatic carbocycles. The average Bonchev–Trinajstić information content (AvgIpc) is 2.81. The van der Waals surface area contributed by atoms with E-state index in [1.54, 1.807) is 0 Å². The fourth-order valence-electron chi connectivity index (χ4n) is 3.87. The molecule has 1 fully saturated rings. The normalized spacial score (nSPS) is 17.9. The van der Waals surface area contributed by atoms with Crippen LogP contribution in [0.25, 0.3) is 11.0 Å². The molecule has 0 unspecified atom stereocenters. The monoisotopic (exact) mass is 473 g/mol. The molecule has 3 aromatic rings. The molecule has 0 radical (unpaired) electrons. The Hall–Kier alpha value is -3.38. The predicted octanol–water partition coefficient (Wildman–Crippen LogP) is 1.48. The number of morpholine rings is 1. The maximum atomic E-state index is 13.5. The first-order valence-corrected chi connectivity index (χ1v) is 12.1. The standard InChI is InChI=1S/C21H20FN5O5S/c22-14-1-2-18-15(9-14)19(28)13(11-32-18)10-23-26-21-24-17-3-8-33(29,30)12-16(17)20(25-21)27-4-6-31-7-5-27/h1-2,9-11H,3-8,12H2,(H,24,25,26)/b23-10+. The van der Waals surface area contributed by atoms with Gasteiger partial charge in [0.1, 0.15) is 23.5 Å². The molecule has 0 saturated carbocycles. The lowest BCUT2D eigenvalue weighted by Crippen LogP contribution is -2.38. The minimum Gasteiger partial charge on any atom is -0.463 e. The van der Waals surface area contributed by atoms with E-state index in [1.165, 1.54) is 24.6 Å². The van der Waals surface area contributed by atoms with Crippen LogP contribution in [0.2, 0.25) is 0 Å². The summed E-state index contributed by atoms with van der Waals surface area (Å²) < 4.78 is 48.7. The van der Waals surface area contributed by atoms with Crippen molar-refractivity contribution in [1.29, 1.82) is 0 Å². The van der Waals surface area contributed by atoms with Crippen LogP contribution in [0, 0.1) is 5.82 Å². The van der Waals surface area contributed by atoms with Crippen LogP contribution in [0.3, 0.4) is 0 Å². The molecule has 1 saturated heterocycles. The summed E-state index contributed by atoms with van der Waals surface area (Å²) in [6.07, 6.45) is 2.78.